The number of carbonyl (C=O) groups is 3. The SMILES string of the molecule is C=C1C(=O)[C@]23[C@H](O)[C@H]1C[C@H](O)[C@H]2[C@]12CCCC(C)(C)[C@H]1C[C@H]3O[C@H]2OCCCCc1cn(CCOCCOCCOCCN2C(=O)c3cccc4c(N5CCCCC5)ccc(c34)C2=O)nn1. The molecule has 4 aliphatic carbocycles. The van der Waals surface area contributed by atoms with Crippen LogP contribution in [0.3, 0.4) is 0 Å². The maximum absolute atomic E-state index is 14.0. The summed E-state index contributed by atoms with van der Waals surface area (Å²) in [6.07, 6.45) is 9.09. The van der Waals surface area contributed by atoms with Gasteiger partial charge in [0.05, 0.1) is 82.2 Å². The molecule has 5 heterocycles. The zero-order chi connectivity index (χ0) is 45.8. The van der Waals surface area contributed by atoms with Gasteiger partial charge in [-0.25, -0.2) is 4.68 Å². The van der Waals surface area contributed by atoms with Crippen LogP contribution in [-0.2, 0) is 41.4 Å². The summed E-state index contributed by atoms with van der Waals surface area (Å²) in [6, 6.07) is 9.64. The molecule has 0 radical (unpaired) electrons. The van der Waals surface area contributed by atoms with Crippen LogP contribution in [0.15, 0.2) is 48.7 Å². The molecule has 0 unspecified atom stereocenters. The highest BCUT2D eigenvalue weighted by molar-refractivity contribution is 6.26. The summed E-state index contributed by atoms with van der Waals surface area (Å²) < 4.78 is 32.4. The van der Waals surface area contributed by atoms with Crippen LogP contribution in [0.5, 0.6) is 0 Å². The van der Waals surface area contributed by atoms with Gasteiger partial charge >= 0.3 is 0 Å². The van der Waals surface area contributed by atoms with Crippen molar-refractivity contribution in [2.24, 2.45) is 34.0 Å². The number of hydrogen-bond acceptors (Lipinski definition) is 13. The van der Waals surface area contributed by atoms with E-state index in [2.05, 4.69) is 35.6 Å². The van der Waals surface area contributed by atoms with E-state index in [1.54, 1.807) is 4.68 Å². The van der Waals surface area contributed by atoms with Gasteiger partial charge in [-0.3, -0.25) is 19.3 Å². The topological polar surface area (TPSA) is 175 Å². The molecule has 2 N–H and O–H groups in total. The molecule has 1 aromatic heterocycles. The van der Waals surface area contributed by atoms with Crippen molar-refractivity contribution in [3.05, 3.63) is 65.5 Å². The number of aromatic nitrogens is 3. The second-order valence-corrected chi connectivity index (χ2v) is 20.6. The highest BCUT2D eigenvalue weighted by Gasteiger charge is 2.81. The molecule has 4 aliphatic heterocycles. The zero-order valence-electron chi connectivity index (χ0n) is 38.7. The molecule has 3 aromatic rings. The third kappa shape index (κ3) is 7.55. The third-order valence-corrected chi connectivity index (χ3v) is 16.7. The molecule has 3 saturated heterocycles. The van der Waals surface area contributed by atoms with Gasteiger partial charge in [-0.2, -0.15) is 0 Å². The summed E-state index contributed by atoms with van der Waals surface area (Å²) >= 11 is 0. The fraction of sp³-hybridized carbons (Fsp3) is 0.667. The van der Waals surface area contributed by atoms with E-state index in [-0.39, 0.29) is 42.1 Å². The van der Waals surface area contributed by atoms with Crippen LogP contribution >= 0.6 is 0 Å². The van der Waals surface area contributed by atoms with Gasteiger partial charge in [0.15, 0.2) is 12.1 Å². The minimum absolute atomic E-state index is 0.00267. The lowest BCUT2D eigenvalue weighted by atomic mass is 9.37. The number of aryl methyl sites for hydroxylation is 1. The number of ketones is 1. The van der Waals surface area contributed by atoms with Gasteiger partial charge in [0.1, 0.15) is 0 Å². The standard InChI is InChI=1S/C51H67N5O10/c1-32-37-29-39(57)43-50-17-10-16-49(2,3)40(50)30-41(51(43,44(32)58)45(37)59)66-48(50)65-22-8-5-11-33-31-55(53-52-33)20-23-62-25-27-64-28-26-63-24-21-56-46(60)35-13-9-12-34-38(54-18-6-4-7-19-54)15-14-36(42(34)35)47(56)61/h9,12-15,31,37,39-41,43,45,48,57,59H,1,4-8,10-11,16-30H2,2-3H3/t37-,39-,40+,41+,43-,45+,48+,50-,51+/m0/s1. The summed E-state index contributed by atoms with van der Waals surface area (Å²) in [7, 11) is 0. The molecule has 7 fully saturated rings. The number of piperidine rings is 1. The van der Waals surface area contributed by atoms with Crippen LogP contribution in [0.1, 0.15) is 104 Å². The van der Waals surface area contributed by atoms with Crippen molar-refractivity contribution in [2.75, 3.05) is 70.8 Å². The van der Waals surface area contributed by atoms with E-state index in [9.17, 15) is 24.6 Å². The summed E-state index contributed by atoms with van der Waals surface area (Å²) in [5.41, 5.74) is 1.86. The van der Waals surface area contributed by atoms with Gasteiger partial charge in [0.2, 0.25) is 0 Å². The number of benzene rings is 2. The van der Waals surface area contributed by atoms with Crippen LogP contribution in [-0.4, -0.2) is 138 Å². The number of imide groups is 1. The Labute approximate surface area is 387 Å². The lowest BCUT2D eigenvalue weighted by Gasteiger charge is -2.72. The van der Waals surface area contributed by atoms with Crippen LogP contribution in [0, 0.1) is 34.0 Å². The molecule has 9 atom stereocenters. The molecule has 4 saturated carbocycles. The Morgan fingerprint density at radius 3 is 2.33 bits per heavy atom. The van der Waals surface area contributed by atoms with Crippen molar-refractivity contribution in [1.29, 1.82) is 0 Å². The number of fused-ring (bicyclic) bond motifs is 2. The van der Waals surface area contributed by atoms with E-state index < -0.39 is 47.3 Å². The van der Waals surface area contributed by atoms with Gasteiger partial charge in [-0.05, 0) is 99.3 Å². The average molecular weight is 910 g/mol. The molecule has 8 aliphatic rings. The average Bonchev–Trinajstić information content (AvgIpc) is 3.81. The first-order valence-electron chi connectivity index (χ1n) is 24.6. The van der Waals surface area contributed by atoms with E-state index in [1.165, 1.54) is 11.3 Å². The molecule has 15 heteroatoms. The highest BCUT2D eigenvalue weighted by Crippen LogP contribution is 2.75. The Bertz CT molecular complexity index is 2300. The summed E-state index contributed by atoms with van der Waals surface area (Å²) in [5.74, 6) is -1.29. The number of Topliss-reactive ketones (excluding diaryl/α,β-unsaturated/α-hetero) is 1. The third-order valence-electron chi connectivity index (χ3n) is 16.7. The second-order valence-electron chi connectivity index (χ2n) is 20.6. The molecular weight excluding hydrogens is 843 g/mol. The number of rotatable bonds is 19. The summed E-state index contributed by atoms with van der Waals surface area (Å²) in [4.78, 5) is 44.6. The molecule has 2 amide bonds. The van der Waals surface area contributed by atoms with Gasteiger partial charge in [-0.15, -0.1) is 5.10 Å². The summed E-state index contributed by atoms with van der Waals surface area (Å²) in [5, 5.41) is 33.8. The smallest absolute Gasteiger partial charge is 0.261 e. The van der Waals surface area contributed by atoms with Crippen molar-refractivity contribution in [3.63, 3.8) is 0 Å². The fourth-order valence-corrected chi connectivity index (χ4v) is 13.8. The largest absolute Gasteiger partial charge is 0.393 e. The van der Waals surface area contributed by atoms with Crippen molar-refractivity contribution < 1.29 is 48.3 Å². The Kier molecular flexibility index (Phi) is 12.8. The molecule has 2 spiro atoms. The number of aliphatic hydroxyl groups excluding tert-OH is 2. The van der Waals surface area contributed by atoms with E-state index in [0.29, 0.717) is 75.7 Å². The first-order valence-corrected chi connectivity index (χ1v) is 24.6. The molecule has 2 aromatic carbocycles. The minimum Gasteiger partial charge on any atom is -0.393 e. The van der Waals surface area contributed by atoms with E-state index >= 15 is 0 Å². The predicted octanol–water partition coefficient (Wildman–Crippen LogP) is 5.53. The van der Waals surface area contributed by atoms with Crippen LogP contribution in [0.2, 0.25) is 0 Å². The Hall–Kier alpha value is -4.09. The molecule has 15 nitrogen and oxygen atoms in total. The molecule has 11 rings (SSSR count). The van der Waals surface area contributed by atoms with Crippen LogP contribution in [0.4, 0.5) is 5.69 Å². The Morgan fingerprint density at radius 2 is 1.56 bits per heavy atom. The lowest BCUT2D eigenvalue weighted by Crippen LogP contribution is -2.78. The maximum Gasteiger partial charge on any atom is 0.261 e. The number of hydrogen-bond donors (Lipinski definition) is 2. The van der Waals surface area contributed by atoms with E-state index in [1.807, 2.05) is 36.5 Å². The number of carbonyl (C=O) groups excluding carboxylic acids is 3. The minimum atomic E-state index is -1.14. The first kappa shape index (κ1) is 45.7. The number of unbranched alkanes of at least 4 members (excludes halogenated alkanes) is 1. The van der Waals surface area contributed by atoms with Crippen molar-refractivity contribution in [3.8, 4) is 0 Å². The van der Waals surface area contributed by atoms with Crippen LogP contribution < -0.4 is 4.90 Å². The van der Waals surface area contributed by atoms with Crippen molar-refractivity contribution in [1.82, 2.24) is 19.9 Å². The lowest BCUT2D eigenvalue weighted by molar-refractivity contribution is -0.402. The van der Waals surface area contributed by atoms with Gasteiger partial charge < -0.3 is 38.8 Å². The number of nitrogens with zero attached hydrogens (tertiary/aromatic N) is 5. The normalized spacial score (nSPS) is 32.1. The number of ether oxygens (including phenoxy) is 5. The van der Waals surface area contributed by atoms with E-state index in [0.717, 1.165) is 86.6 Å². The van der Waals surface area contributed by atoms with Gasteiger partial charge in [0, 0.05) is 70.7 Å². The molecule has 4 bridgehead atoms. The fourth-order valence-electron chi connectivity index (χ4n) is 13.8. The Balaban J connectivity index is 0.609. The quantitative estimate of drug-likeness (QED) is 0.0874. The number of anilines is 1. The first-order chi connectivity index (χ1) is 32.0. The Morgan fingerprint density at radius 1 is 0.833 bits per heavy atom. The molecule has 356 valence electrons. The second kappa shape index (κ2) is 18.4. The molecule has 66 heavy (non-hydrogen) atoms. The highest BCUT2D eigenvalue weighted by atomic mass is 16.7. The predicted molar refractivity (Wildman–Crippen MR) is 244 cm³/mol. The van der Waals surface area contributed by atoms with Crippen molar-refractivity contribution in [2.45, 2.75) is 116 Å². The summed E-state index contributed by atoms with van der Waals surface area (Å²) in [6.45, 7) is 14.1. The van der Waals surface area contributed by atoms with Crippen LogP contribution in [0.25, 0.3) is 10.8 Å². The number of aliphatic hydroxyl groups is 2. The van der Waals surface area contributed by atoms with Gasteiger partial charge in [0.25, 0.3) is 11.8 Å². The maximum atomic E-state index is 14.0. The van der Waals surface area contributed by atoms with Crippen molar-refractivity contribution >= 4 is 34.1 Å². The zero-order valence-corrected chi connectivity index (χ0v) is 38.7. The van der Waals surface area contributed by atoms with E-state index in [4.69, 9.17) is 23.7 Å². The van der Waals surface area contributed by atoms with Gasteiger partial charge in [-0.1, -0.05) is 44.2 Å². The monoisotopic (exact) mass is 909 g/mol. The number of amides is 2. The molecular formula is C51H67N5O10.